The van der Waals surface area contributed by atoms with E-state index in [0.717, 1.165) is 22.3 Å². The van der Waals surface area contributed by atoms with E-state index in [2.05, 4.69) is 12.1 Å². The number of halogens is 1. The molecular formula is C16H13ClO2. The Hall–Kier alpha value is -1.93. The van der Waals surface area contributed by atoms with E-state index in [1.165, 1.54) is 5.56 Å². The van der Waals surface area contributed by atoms with Crippen molar-refractivity contribution in [3.8, 4) is 5.75 Å². The maximum atomic E-state index is 5.92. The van der Waals surface area contributed by atoms with Crippen LogP contribution in [0.15, 0.2) is 53.1 Å². The van der Waals surface area contributed by atoms with Gasteiger partial charge in [0, 0.05) is 16.0 Å². The summed E-state index contributed by atoms with van der Waals surface area (Å²) >= 11 is 5.92. The van der Waals surface area contributed by atoms with E-state index in [0.29, 0.717) is 11.6 Å². The van der Waals surface area contributed by atoms with Crippen molar-refractivity contribution in [1.82, 2.24) is 0 Å². The zero-order valence-corrected chi connectivity index (χ0v) is 11.3. The summed E-state index contributed by atoms with van der Waals surface area (Å²) < 4.78 is 11.3. The van der Waals surface area contributed by atoms with Gasteiger partial charge >= 0.3 is 0 Å². The van der Waals surface area contributed by atoms with E-state index >= 15 is 0 Å². The van der Waals surface area contributed by atoms with E-state index < -0.39 is 0 Å². The standard InChI is InChI=1S/C16H13ClO2/c1-11-5-6-15-12(10-19-16(15)7-11)9-18-14-4-2-3-13(17)8-14/h2-8,10H,9H2,1H3. The second kappa shape index (κ2) is 4.98. The Kier molecular flexibility index (Phi) is 3.18. The first-order valence-electron chi connectivity index (χ1n) is 6.07. The van der Waals surface area contributed by atoms with E-state index in [-0.39, 0.29) is 0 Å². The van der Waals surface area contributed by atoms with Crippen molar-refractivity contribution in [3.05, 3.63) is 64.9 Å². The van der Waals surface area contributed by atoms with Crippen LogP contribution in [0, 0.1) is 6.92 Å². The Morgan fingerprint density at radius 3 is 2.89 bits per heavy atom. The van der Waals surface area contributed by atoms with Gasteiger partial charge in [0.1, 0.15) is 17.9 Å². The zero-order valence-electron chi connectivity index (χ0n) is 10.5. The van der Waals surface area contributed by atoms with E-state index in [1.54, 1.807) is 12.3 Å². The summed E-state index contributed by atoms with van der Waals surface area (Å²) in [4.78, 5) is 0. The van der Waals surface area contributed by atoms with Crippen molar-refractivity contribution in [2.45, 2.75) is 13.5 Å². The maximum absolute atomic E-state index is 5.92. The van der Waals surface area contributed by atoms with Gasteiger partial charge in [-0.1, -0.05) is 29.8 Å². The lowest BCUT2D eigenvalue weighted by Crippen LogP contribution is -1.94. The molecule has 19 heavy (non-hydrogen) atoms. The number of fused-ring (bicyclic) bond motifs is 1. The fourth-order valence-electron chi connectivity index (χ4n) is 2.02. The topological polar surface area (TPSA) is 22.4 Å². The molecule has 3 rings (SSSR count). The summed E-state index contributed by atoms with van der Waals surface area (Å²) in [7, 11) is 0. The van der Waals surface area contributed by atoms with E-state index in [4.69, 9.17) is 20.8 Å². The van der Waals surface area contributed by atoms with Gasteiger partial charge in [0.2, 0.25) is 0 Å². The van der Waals surface area contributed by atoms with Crippen LogP contribution in [0.1, 0.15) is 11.1 Å². The number of rotatable bonds is 3. The Labute approximate surface area is 116 Å². The van der Waals surface area contributed by atoms with Crippen LogP contribution in [-0.4, -0.2) is 0 Å². The molecule has 1 aromatic heterocycles. The summed E-state index contributed by atoms with van der Waals surface area (Å²) in [5, 5.41) is 1.76. The van der Waals surface area contributed by atoms with Crippen LogP contribution >= 0.6 is 11.6 Å². The third-order valence-corrected chi connectivity index (χ3v) is 3.24. The highest BCUT2D eigenvalue weighted by molar-refractivity contribution is 6.30. The van der Waals surface area contributed by atoms with Crippen LogP contribution in [0.5, 0.6) is 5.75 Å². The third-order valence-electron chi connectivity index (χ3n) is 3.00. The van der Waals surface area contributed by atoms with Crippen molar-refractivity contribution < 1.29 is 9.15 Å². The summed E-state index contributed by atoms with van der Waals surface area (Å²) in [6.45, 7) is 2.51. The van der Waals surface area contributed by atoms with Crippen molar-refractivity contribution in [1.29, 1.82) is 0 Å². The first-order valence-corrected chi connectivity index (χ1v) is 6.45. The second-order valence-electron chi connectivity index (χ2n) is 4.51. The molecule has 0 amide bonds. The average Bonchev–Trinajstić information content (AvgIpc) is 2.78. The molecule has 0 spiro atoms. The van der Waals surface area contributed by atoms with E-state index in [9.17, 15) is 0 Å². The molecule has 0 atom stereocenters. The number of hydrogen-bond acceptors (Lipinski definition) is 2. The molecule has 2 nitrogen and oxygen atoms in total. The first-order chi connectivity index (χ1) is 9.22. The highest BCUT2D eigenvalue weighted by atomic mass is 35.5. The third kappa shape index (κ3) is 2.59. The molecule has 0 unspecified atom stereocenters. The van der Waals surface area contributed by atoms with Gasteiger partial charge in [-0.2, -0.15) is 0 Å². The highest BCUT2D eigenvalue weighted by Gasteiger charge is 2.06. The van der Waals surface area contributed by atoms with Crippen molar-refractivity contribution in [2.24, 2.45) is 0 Å². The Balaban J connectivity index is 1.82. The Bertz CT molecular complexity index is 716. The largest absolute Gasteiger partial charge is 0.489 e. The van der Waals surface area contributed by atoms with Crippen LogP contribution in [0.3, 0.4) is 0 Å². The van der Waals surface area contributed by atoms with Crippen LogP contribution < -0.4 is 4.74 Å². The number of aryl methyl sites for hydroxylation is 1. The molecule has 0 radical (unpaired) electrons. The Morgan fingerprint density at radius 2 is 2.05 bits per heavy atom. The number of furan rings is 1. The molecule has 0 bridgehead atoms. The van der Waals surface area contributed by atoms with Crippen LogP contribution in [0.25, 0.3) is 11.0 Å². The molecule has 0 aliphatic carbocycles. The fraction of sp³-hybridized carbons (Fsp3) is 0.125. The maximum Gasteiger partial charge on any atom is 0.134 e. The van der Waals surface area contributed by atoms with Crippen molar-refractivity contribution in [2.75, 3.05) is 0 Å². The monoisotopic (exact) mass is 272 g/mol. The van der Waals surface area contributed by atoms with Crippen LogP contribution in [-0.2, 0) is 6.61 Å². The molecule has 1 heterocycles. The van der Waals surface area contributed by atoms with Crippen LogP contribution in [0.4, 0.5) is 0 Å². The number of ether oxygens (including phenoxy) is 1. The first kappa shape index (κ1) is 12.1. The normalized spacial score (nSPS) is 10.8. The van der Waals surface area contributed by atoms with Gasteiger partial charge < -0.3 is 9.15 Å². The van der Waals surface area contributed by atoms with Gasteiger partial charge in [0.05, 0.1) is 6.26 Å². The molecule has 0 saturated heterocycles. The Morgan fingerprint density at radius 1 is 1.16 bits per heavy atom. The molecule has 0 N–H and O–H groups in total. The minimum absolute atomic E-state index is 0.469. The molecule has 3 aromatic rings. The minimum atomic E-state index is 0.469. The highest BCUT2D eigenvalue weighted by Crippen LogP contribution is 2.24. The molecule has 96 valence electrons. The fourth-order valence-corrected chi connectivity index (χ4v) is 2.20. The molecule has 0 fully saturated rings. The summed E-state index contributed by atoms with van der Waals surface area (Å²) in [5.41, 5.74) is 3.11. The second-order valence-corrected chi connectivity index (χ2v) is 4.94. The predicted molar refractivity (Wildman–Crippen MR) is 76.7 cm³/mol. The molecule has 2 aromatic carbocycles. The minimum Gasteiger partial charge on any atom is -0.489 e. The van der Waals surface area contributed by atoms with Gasteiger partial charge in [0.15, 0.2) is 0 Å². The predicted octanol–water partition coefficient (Wildman–Crippen LogP) is 4.97. The molecular weight excluding hydrogens is 260 g/mol. The summed E-state index contributed by atoms with van der Waals surface area (Å²) in [5.74, 6) is 0.758. The smallest absolute Gasteiger partial charge is 0.134 e. The van der Waals surface area contributed by atoms with Gasteiger partial charge in [-0.05, 0) is 36.8 Å². The van der Waals surface area contributed by atoms with E-state index in [1.807, 2.05) is 31.2 Å². The molecule has 0 aliphatic heterocycles. The molecule has 3 heteroatoms. The van der Waals surface area contributed by atoms with Gasteiger partial charge in [-0.15, -0.1) is 0 Å². The number of benzene rings is 2. The van der Waals surface area contributed by atoms with Crippen LogP contribution in [0.2, 0.25) is 5.02 Å². The van der Waals surface area contributed by atoms with Gasteiger partial charge in [-0.25, -0.2) is 0 Å². The van der Waals surface area contributed by atoms with Gasteiger partial charge in [-0.3, -0.25) is 0 Å². The molecule has 0 saturated carbocycles. The SMILES string of the molecule is Cc1ccc2c(COc3cccc(Cl)c3)coc2c1. The van der Waals surface area contributed by atoms with Crippen molar-refractivity contribution >= 4 is 22.6 Å². The molecule has 0 aliphatic rings. The average molecular weight is 273 g/mol. The van der Waals surface area contributed by atoms with Crippen molar-refractivity contribution in [3.63, 3.8) is 0 Å². The van der Waals surface area contributed by atoms with Gasteiger partial charge in [0.25, 0.3) is 0 Å². The lowest BCUT2D eigenvalue weighted by Gasteiger charge is -2.05. The summed E-state index contributed by atoms with van der Waals surface area (Å²) in [6, 6.07) is 13.5. The zero-order chi connectivity index (χ0) is 13.2. The quantitative estimate of drug-likeness (QED) is 0.671. The number of hydrogen-bond donors (Lipinski definition) is 0. The lowest BCUT2D eigenvalue weighted by molar-refractivity contribution is 0.306. The summed E-state index contributed by atoms with van der Waals surface area (Å²) in [6.07, 6.45) is 1.74. The lowest BCUT2D eigenvalue weighted by atomic mass is 10.1.